The SMILES string of the molecule is CC(C)N1C(=O)c2ccccc2C1=O.CC(C)c1ccc(Cl)cc1Cl. The Labute approximate surface area is 158 Å². The zero-order chi connectivity index (χ0) is 18.7. The van der Waals surface area contributed by atoms with E-state index in [1.54, 1.807) is 30.3 Å². The predicted octanol–water partition coefficient (Wildman–Crippen LogP) is 5.81. The molecule has 1 heterocycles. The molecule has 5 heteroatoms. The lowest BCUT2D eigenvalue weighted by Gasteiger charge is -2.17. The van der Waals surface area contributed by atoms with Gasteiger partial charge in [-0.1, -0.05) is 55.2 Å². The second-order valence-corrected chi connectivity index (χ2v) is 7.28. The van der Waals surface area contributed by atoms with Crippen molar-refractivity contribution >= 4 is 35.0 Å². The van der Waals surface area contributed by atoms with E-state index in [4.69, 9.17) is 23.2 Å². The van der Waals surface area contributed by atoms with E-state index >= 15 is 0 Å². The number of carbonyl (C=O) groups is 2. The fourth-order valence-corrected chi connectivity index (χ4v) is 3.27. The number of nitrogens with zero attached hydrogens (tertiary/aromatic N) is 1. The highest BCUT2D eigenvalue weighted by atomic mass is 35.5. The van der Waals surface area contributed by atoms with Crippen LogP contribution in [0.25, 0.3) is 0 Å². The van der Waals surface area contributed by atoms with Gasteiger partial charge >= 0.3 is 0 Å². The van der Waals surface area contributed by atoms with Crippen LogP contribution >= 0.6 is 23.2 Å². The van der Waals surface area contributed by atoms with Gasteiger partial charge in [-0.05, 0) is 49.6 Å². The zero-order valence-electron chi connectivity index (χ0n) is 14.7. The fourth-order valence-electron chi connectivity index (χ4n) is 2.65. The second kappa shape index (κ2) is 8.03. The minimum absolute atomic E-state index is 0.0811. The molecule has 3 nitrogen and oxygen atoms in total. The van der Waals surface area contributed by atoms with Crippen LogP contribution in [0.15, 0.2) is 42.5 Å². The minimum Gasteiger partial charge on any atom is -0.272 e. The molecule has 0 fully saturated rings. The summed E-state index contributed by atoms with van der Waals surface area (Å²) in [5, 5.41) is 1.45. The Morgan fingerprint density at radius 3 is 1.76 bits per heavy atom. The van der Waals surface area contributed by atoms with Crippen molar-refractivity contribution in [2.24, 2.45) is 0 Å². The van der Waals surface area contributed by atoms with Gasteiger partial charge < -0.3 is 0 Å². The molecule has 2 aromatic rings. The summed E-state index contributed by atoms with van der Waals surface area (Å²) in [7, 11) is 0. The monoisotopic (exact) mass is 377 g/mol. The molecule has 132 valence electrons. The molecule has 0 saturated carbocycles. The summed E-state index contributed by atoms with van der Waals surface area (Å²) in [6, 6.07) is 12.5. The molecule has 0 unspecified atom stereocenters. The van der Waals surface area contributed by atoms with E-state index in [-0.39, 0.29) is 17.9 Å². The standard InChI is InChI=1S/C11H11NO2.C9H10Cl2/c1-7(2)12-10(13)8-5-3-4-6-9(8)11(12)14;1-6(2)8-4-3-7(10)5-9(8)11/h3-7H,1-2H3;3-6H,1-2H3. The maximum absolute atomic E-state index is 11.8. The lowest BCUT2D eigenvalue weighted by molar-refractivity contribution is 0.0609. The molecular weight excluding hydrogens is 357 g/mol. The molecule has 0 radical (unpaired) electrons. The third kappa shape index (κ3) is 4.23. The number of benzene rings is 2. The smallest absolute Gasteiger partial charge is 0.261 e. The van der Waals surface area contributed by atoms with Gasteiger partial charge in [0, 0.05) is 16.1 Å². The molecule has 0 bridgehead atoms. The van der Waals surface area contributed by atoms with Gasteiger partial charge in [-0.3, -0.25) is 14.5 Å². The normalized spacial score (nSPS) is 13.2. The summed E-state index contributed by atoms with van der Waals surface area (Å²) in [4.78, 5) is 24.8. The number of amides is 2. The largest absolute Gasteiger partial charge is 0.272 e. The molecular formula is C20H21Cl2NO2. The summed E-state index contributed by atoms with van der Waals surface area (Å²) >= 11 is 11.7. The van der Waals surface area contributed by atoms with Gasteiger partial charge in [-0.25, -0.2) is 0 Å². The predicted molar refractivity (Wildman–Crippen MR) is 103 cm³/mol. The summed E-state index contributed by atoms with van der Waals surface area (Å²) in [6.07, 6.45) is 0. The fraction of sp³-hybridized carbons (Fsp3) is 0.300. The average molecular weight is 378 g/mol. The molecule has 25 heavy (non-hydrogen) atoms. The zero-order valence-corrected chi connectivity index (χ0v) is 16.2. The van der Waals surface area contributed by atoms with Gasteiger partial charge in [-0.2, -0.15) is 0 Å². The highest BCUT2D eigenvalue weighted by Gasteiger charge is 2.36. The second-order valence-electron chi connectivity index (χ2n) is 6.44. The van der Waals surface area contributed by atoms with E-state index in [2.05, 4.69) is 13.8 Å². The van der Waals surface area contributed by atoms with E-state index in [1.165, 1.54) is 4.90 Å². The first-order valence-electron chi connectivity index (χ1n) is 8.16. The molecule has 0 atom stereocenters. The molecule has 0 saturated heterocycles. The number of hydrogen-bond acceptors (Lipinski definition) is 2. The maximum atomic E-state index is 11.8. The van der Waals surface area contributed by atoms with E-state index in [0.29, 0.717) is 22.1 Å². The Bertz CT molecular complexity index is 765. The van der Waals surface area contributed by atoms with Crippen LogP contribution in [0.1, 0.15) is 59.9 Å². The number of fused-ring (bicyclic) bond motifs is 1. The first kappa shape index (κ1) is 19.5. The molecule has 0 N–H and O–H groups in total. The minimum atomic E-state index is -0.180. The third-order valence-corrected chi connectivity index (χ3v) is 4.49. The first-order chi connectivity index (χ1) is 11.7. The molecule has 3 rings (SSSR count). The van der Waals surface area contributed by atoms with Crippen LogP contribution in [-0.4, -0.2) is 22.8 Å². The first-order valence-corrected chi connectivity index (χ1v) is 8.91. The van der Waals surface area contributed by atoms with Crippen LogP contribution in [0, 0.1) is 0 Å². The molecule has 1 aliphatic heterocycles. The number of halogens is 2. The van der Waals surface area contributed by atoms with Crippen molar-refractivity contribution in [3.05, 3.63) is 69.2 Å². The van der Waals surface area contributed by atoms with Crippen molar-refractivity contribution in [1.29, 1.82) is 0 Å². The van der Waals surface area contributed by atoms with Crippen molar-refractivity contribution in [2.45, 2.75) is 39.7 Å². The van der Waals surface area contributed by atoms with Crippen molar-refractivity contribution in [3.8, 4) is 0 Å². The van der Waals surface area contributed by atoms with E-state index < -0.39 is 0 Å². The Morgan fingerprint density at radius 2 is 1.36 bits per heavy atom. The topological polar surface area (TPSA) is 37.4 Å². The van der Waals surface area contributed by atoms with Crippen molar-refractivity contribution in [3.63, 3.8) is 0 Å². The Hall–Kier alpha value is -1.84. The van der Waals surface area contributed by atoms with E-state index in [0.717, 1.165) is 10.6 Å². The van der Waals surface area contributed by atoms with Crippen LogP contribution in [0.4, 0.5) is 0 Å². The van der Waals surface area contributed by atoms with Crippen LogP contribution in [0.2, 0.25) is 10.0 Å². The lowest BCUT2D eigenvalue weighted by atomic mass is 10.0. The third-order valence-electron chi connectivity index (χ3n) is 3.93. The number of carbonyl (C=O) groups excluding carboxylic acids is 2. The number of hydrogen-bond donors (Lipinski definition) is 0. The summed E-state index contributed by atoms with van der Waals surface area (Å²) < 4.78 is 0. The van der Waals surface area contributed by atoms with Crippen LogP contribution in [-0.2, 0) is 0 Å². The van der Waals surface area contributed by atoms with Crippen molar-refractivity contribution in [2.75, 3.05) is 0 Å². The van der Waals surface area contributed by atoms with E-state index in [1.807, 2.05) is 26.0 Å². The number of imide groups is 1. The quantitative estimate of drug-likeness (QED) is 0.619. The van der Waals surface area contributed by atoms with Crippen LogP contribution in [0.5, 0.6) is 0 Å². The summed E-state index contributed by atoms with van der Waals surface area (Å²) in [5.41, 5.74) is 2.19. The van der Waals surface area contributed by atoms with Crippen molar-refractivity contribution < 1.29 is 9.59 Å². The summed E-state index contributed by atoms with van der Waals surface area (Å²) in [6.45, 7) is 7.88. The molecule has 1 aliphatic rings. The van der Waals surface area contributed by atoms with Crippen LogP contribution < -0.4 is 0 Å². The highest BCUT2D eigenvalue weighted by molar-refractivity contribution is 6.35. The molecule has 2 amide bonds. The molecule has 0 spiro atoms. The van der Waals surface area contributed by atoms with Gasteiger partial charge in [0.25, 0.3) is 11.8 Å². The molecule has 0 aromatic heterocycles. The van der Waals surface area contributed by atoms with Crippen molar-refractivity contribution in [1.82, 2.24) is 4.90 Å². The Morgan fingerprint density at radius 1 is 0.840 bits per heavy atom. The van der Waals surface area contributed by atoms with Gasteiger partial charge in [0.15, 0.2) is 0 Å². The van der Waals surface area contributed by atoms with E-state index in [9.17, 15) is 9.59 Å². The van der Waals surface area contributed by atoms with Gasteiger partial charge in [0.2, 0.25) is 0 Å². The maximum Gasteiger partial charge on any atom is 0.261 e. The Balaban J connectivity index is 0.000000186. The van der Waals surface area contributed by atoms with Gasteiger partial charge in [0.1, 0.15) is 0 Å². The Kier molecular flexibility index (Phi) is 6.26. The highest BCUT2D eigenvalue weighted by Crippen LogP contribution is 2.26. The molecule has 0 aliphatic carbocycles. The lowest BCUT2D eigenvalue weighted by Crippen LogP contribution is -2.35. The average Bonchev–Trinajstić information content (AvgIpc) is 2.79. The number of rotatable bonds is 2. The van der Waals surface area contributed by atoms with Gasteiger partial charge in [-0.15, -0.1) is 0 Å². The molecule has 2 aromatic carbocycles. The van der Waals surface area contributed by atoms with Crippen LogP contribution in [0.3, 0.4) is 0 Å². The van der Waals surface area contributed by atoms with Gasteiger partial charge in [0.05, 0.1) is 11.1 Å². The summed E-state index contributed by atoms with van der Waals surface area (Å²) in [5.74, 6) is 0.0981.